The molecule has 0 aromatic heterocycles. The first-order chi connectivity index (χ1) is 8.46. The molecule has 1 atom stereocenters. The number of nitrogens with two attached hydrogens (primary N) is 1. The Morgan fingerprint density at radius 1 is 1.11 bits per heavy atom. The fraction of sp³-hybridized carbons (Fsp3) is 1.00. The van der Waals surface area contributed by atoms with Crippen molar-refractivity contribution in [3.8, 4) is 0 Å². The van der Waals surface area contributed by atoms with Crippen LogP contribution < -0.4 is 5.73 Å². The highest BCUT2D eigenvalue weighted by Crippen LogP contribution is 2.63. The van der Waals surface area contributed by atoms with Crippen LogP contribution in [0.4, 0.5) is 0 Å². The molecule has 18 heavy (non-hydrogen) atoms. The molecule has 0 spiro atoms. The van der Waals surface area contributed by atoms with E-state index < -0.39 is 0 Å². The second kappa shape index (κ2) is 4.21. The van der Waals surface area contributed by atoms with Gasteiger partial charge in [0.1, 0.15) is 0 Å². The SMILES string of the molecule is CC(C)CC(N)(CO)C12CC3CC(CC(C3)C1)C2. The summed E-state index contributed by atoms with van der Waals surface area (Å²) in [6, 6.07) is 0. The summed E-state index contributed by atoms with van der Waals surface area (Å²) in [5.74, 6) is 3.32. The van der Waals surface area contributed by atoms with E-state index >= 15 is 0 Å². The molecule has 4 fully saturated rings. The molecular formula is C16H29NO. The van der Waals surface area contributed by atoms with Crippen LogP contribution in [0.2, 0.25) is 0 Å². The monoisotopic (exact) mass is 251 g/mol. The Labute approximate surface area is 111 Å². The van der Waals surface area contributed by atoms with Gasteiger partial charge in [0.25, 0.3) is 0 Å². The fourth-order valence-electron chi connectivity index (χ4n) is 5.90. The van der Waals surface area contributed by atoms with E-state index in [2.05, 4.69) is 13.8 Å². The van der Waals surface area contributed by atoms with Crippen molar-refractivity contribution in [2.24, 2.45) is 34.8 Å². The number of hydrogen-bond donors (Lipinski definition) is 2. The van der Waals surface area contributed by atoms with Crippen LogP contribution in [-0.2, 0) is 0 Å². The average molecular weight is 251 g/mol. The summed E-state index contributed by atoms with van der Waals surface area (Å²) in [7, 11) is 0. The summed E-state index contributed by atoms with van der Waals surface area (Å²) in [6.45, 7) is 4.65. The van der Waals surface area contributed by atoms with Gasteiger partial charge < -0.3 is 10.8 Å². The molecule has 4 bridgehead atoms. The lowest BCUT2D eigenvalue weighted by atomic mass is 9.44. The highest BCUT2D eigenvalue weighted by molar-refractivity contribution is 5.12. The summed E-state index contributed by atoms with van der Waals surface area (Å²) in [5, 5.41) is 9.97. The maximum atomic E-state index is 9.97. The van der Waals surface area contributed by atoms with Gasteiger partial charge in [-0.05, 0) is 74.0 Å². The van der Waals surface area contributed by atoms with Crippen molar-refractivity contribution in [2.45, 2.75) is 64.3 Å². The van der Waals surface area contributed by atoms with Crippen molar-refractivity contribution in [3.63, 3.8) is 0 Å². The fourth-order valence-corrected chi connectivity index (χ4v) is 5.90. The van der Waals surface area contributed by atoms with Crippen LogP contribution in [-0.4, -0.2) is 17.3 Å². The van der Waals surface area contributed by atoms with Gasteiger partial charge >= 0.3 is 0 Å². The third-order valence-corrected chi connectivity index (χ3v) is 6.15. The van der Waals surface area contributed by atoms with Gasteiger partial charge in [-0.15, -0.1) is 0 Å². The largest absolute Gasteiger partial charge is 0.394 e. The number of aliphatic hydroxyl groups is 1. The second-order valence-electron chi connectivity index (χ2n) is 8.11. The first-order valence-corrected chi connectivity index (χ1v) is 7.86. The molecular weight excluding hydrogens is 222 g/mol. The minimum Gasteiger partial charge on any atom is -0.394 e. The van der Waals surface area contributed by atoms with Crippen LogP contribution in [0.5, 0.6) is 0 Å². The first-order valence-electron chi connectivity index (χ1n) is 7.86. The minimum atomic E-state index is -0.322. The molecule has 2 nitrogen and oxygen atoms in total. The minimum absolute atomic E-state index is 0.178. The van der Waals surface area contributed by atoms with E-state index in [0.29, 0.717) is 5.92 Å². The molecule has 104 valence electrons. The van der Waals surface area contributed by atoms with Crippen LogP contribution in [0.15, 0.2) is 0 Å². The summed E-state index contributed by atoms with van der Waals surface area (Å²) in [5.41, 5.74) is 6.69. The van der Waals surface area contributed by atoms with Crippen LogP contribution in [0.3, 0.4) is 0 Å². The van der Waals surface area contributed by atoms with Gasteiger partial charge in [0, 0.05) is 5.54 Å². The summed E-state index contributed by atoms with van der Waals surface area (Å²) in [4.78, 5) is 0. The predicted molar refractivity (Wildman–Crippen MR) is 74.1 cm³/mol. The van der Waals surface area contributed by atoms with Crippen molar-refractivity contribution >= 4 is 0 Å². The Bertz CT molecular complexity index is 290. The van der Waals surface area contributed by atoms with Gasteiger partial charge in [0.05, 0.1) is 6.61 Å². The van der Waals surface area contributed by atoms with Crippen LogP contribution in [0.25, 0.3) is 0 Å². The molecule has 0 aliphatic heterocycles. The molecule has 4 aliphatic rings. The lowest BCUT2D eigenvalue weighted by Crippen LogP contribution is -2.65. The van der Waals surface area contributed by atoms with E-state index in [4.69, 9.17) is 5.73 Å². The van der Waals surface area contributed by atoms with E-state index in [1.807, 2.05) is 0 Å². The van der Waals surface area contributed by atoms with Crippen molar-refractivity contribution < 1.29 is 5.11 Å². The molecule has 0 heterocycles. The molecule has 4 rings (SSSR count). The summed E-state index contributed by atoms with van der Waals surface area (Å²) < 4.78 is 0. The first kappa shape index (κ1) is 12.9. The molecule has 4 aliphatic carbocycles. The Hall–Kier alpha value is -0.0800. The average Bonchev–Trinajstić information content (AvgIpc) is 2.25. The maximum absolute atomic E-state index is 9.97. The number of rotatable bonds is 4. The van der Waals surface area contributed by atoms with Gasteiger partial charge in [-0.3, -0.25) is 0 Å². The summed E-state index contributed by atoms with van der Waals surface area (Å²) in [6.07, 6.45) is 9.21. The normalized spacial score (nSPS) is 45.5. The zero-order valence-electron chi connectivity index (χ0n) is 12.0. The van der Waals surface area contributed by atoms with Crippen LogP contribution in [0, 0.1) is 29.1 Å². The lowest BCUT2D eigenvalue weighted by Gasteiger charge is -2.63. The highest BCUT2D eigenvalue weighted by Gasteiger charge is 2.58. The van der Waals surface area contributed by atoms with Crippen molar-refractivity contribution in [2.75, 3.05) is 6.61 Å². The molecule has 0 saturated heterocycles. The Kier molecular flexibility index (Phi) is 3.02. The predicted octanol–water partition coefficient (Wildman–Crippen LogP) is 2.94. The zero-order valence-corrected chi connectivity index (χ0v) is 12.0. The third-order valence-electron chi connectivity index (χ3n) is 6.15. The molecule has 2 heteroatoms. The van der Waals surface area contributed by atoms with Crippen LogP contribution >= 0.6 is 0 Å². The van der Waals surface area contributed by atoms with Crippen molar-refractivity contribution in [3.05, 3.63) is 0 Å². The molecule has 0 amide bonds. The van der Waals surface area contributed by atoms with Gasteiger partial charge in [0.15, 0.2) is 0 Å². The van der Waals surface area contributed by atoms with E-state index in [9.17, 15) is 5.11 Å². The van der Waals surface area contributed by atoms with E-state index in [1.165, 1.54) is 38.5 Å². The number of aliphatic hydroxyl groups excluding tert-OH is 1. The van der Waals surface area contributed by atoms with Gasteiger partial charge in [-0.25, -0.2) is 0 Å². The molecule has 0 aromatic carbocycles. The number of hydrogen-bond acceptors (Lipinski definition) is 2. The molecule has 3 N–H and O–H groups in total. The topological polar surface area (TPSA) is 46.2 Å². The molecule has 0 aromatic rings. The quantitative estimate of drug-likeness (QED) is 0.807. The molecule has 0 radical (unpaired) electrons. The Morgan fingerprint density at radius 2 is 1.56 bits per heavy atom. The van der Waals surface area contributed by atoms with Gasteiger partial charge in [-0.1, -0.05) is 13.8 Å². The van der Waals surface area contributed by atoms with Crippen LogP contribution in [0.1, 0.15) is 58.8 Å². The second-order valence-corrected chi connectivity index (χ2v) is 8.11. The van der Waals surface area contributed by atoms with E-state index in [0.717, 1.165) is 24.2 Å². The highest BCUT2D eigenvalue weighted by atomic mass is 16.3. The van der Waals surface area contributed by atoms with Gasteiger partial charge in [0.2, 0.25) is 0 Å². The molecule has 4 saturated carbocycles. The zero-order chi connectivity index (χ0) is 13.0. The van der Waals surface area contributed by atoms with Crippen molar-refractivity contribution in [1.29, 1.82) is 0 Å². The summed E-state index contributed by atoms with van der Waals surface area (Å²) >= 11 is 0. The van der Waals surface area contributed by atoms with E-state index in [-0.39, 0.29) is 17.6 Å². The molecule has 1 unspecified atom stereocenters. The standard InChI is InChI=1S/C16H29NO/c1-11(2)6-16(17,10-18)15-7-12-3-13(8-15)5-14(4-12)9-15/h11-14,18H,3-10,17H2,1-2H3. The van der Waals surface area contributed by atoms with Crippen molar-refractivity contribution in [1.82, 2.24) is 0 Å². The Balaban J connectivity index is 1.89. The maximum Gasteiger partial charge on any atom is 0.0616 e. The lowest BCUT2D eigenvalue weighted by molar-refractivity contribution is -0.115. The Morgan fingerprint density at radius 3 is 1.89 bits per heavy atom. The van der Waals surface area contributed by atoms with Gasteiger partial charge in [-0.2, -0.15) is 0 Å². The van der Waals surface area contributed by atoms with E-state index in [1.54, 1.807) is 0 Å². The third kappa shape index (κ3) is 1.84. The smallest absolute Gasteiger partial charge is 0.0616 e.